The van der Waals surface area contributed by atoms with Crippen LogP contribution in [-0.2, 0) is 19.1 Å². The highest BCUT2D eigenvalue weighted by Gasteiger charge is 2.24. The first-order valence-corrected chi connectivity index (χ1v) is 4.76. The summed E-state index contributed by atoms with van der Waals surface area (Å²) in [5.74, 6) is -0.657. The molecule has 0 aliphatic heterocycles. The molecule has 1 saturated carbocycles. The summed E-state index contributed by atoms with van der Waals surface area (Å²) in [6.07, 6.45) is 4.60. The minimum absolute atomic E-state index is 0.209. The van der Waals surface area contributed by atoms with Crippen molar-refractivity contribution in [1.29, 1.82) is 0 Å². The minimum Gasteiger partial charge on any atom is -0.463 e. The zero-order chi connectivity index (χ0) is 11.7. The number of hydrogen-bond acceptors (Lipinski definition) is 4. The van der Waals surface area contributed by atoms with Crippen molar-refractivity contribution in [2.45, 2.75) is 25.9 Å². The van der Waals surface area contributed by atoms with E-state index in [9.17, 15) is 9.59 Å². The van der Waals surface area contributed by atoms with Crippen molar-refractivity contribution in [3.05, 3.63) is 25.3 Å². The minimum atomic E-state index is -0.359. The third-order valence-electron chi connectivity index (χ3n) is 1.43. The first-order chi connectivity index (χ1) is 7.13. The van der Waals surface area contributed by atoms with Crippen LogP contribution in [0.3, 0.4) is 0 Å². The van der Waals surface area contributed by atoms with E-state index in [2.05, 4.69) is 17.9 Å². The van der Waals surface area contributed by atoms with E-state index >= 15 is 0 Å². The molecular formula is C11H16O4. The van der Waals surface area contributed by atoms with Gasteiger partial charge < -0.3 is 9.47 Å². The van der Waals surface area contributed by atoms with Crippen molar-refractivity contribution in [1.82, 2.24) is 0 Å². The lowest BCUT2D eigenvalue weighted by atomic mass is 10.6. The van der Waals surface area contributed by atoms with E-state index in [4.69, 9.17) is 4.74 Å². The van der Waals surface area contributed by atoms with Crippen LogP contribution < -0.4 is 0 Å². The number of hydrogen-bond donors (Lipinski definition) is 0. The van der Waals surface area contributed by atoms with E-state index in [0.717, 1.165) is 18.9 Å². The highest BCUT2D eigenvalue weighted by molar-refractivity contribution is 5.81. The topological polar surface area (TPSA) is 52.6 Å². The molecule has 0 bridgehead atoms. The average Bonchev–Trinajstić information content (AvgIpc) is 3.03. The van der Waals surface area contributed by atoms with Crippen LogP contribution in [0.4, 0.5) is 0 Å². The van der Waals surface area contributed by atoms with E-state index in [-0.39, 0.29) is 18.0 Å². The lowest BCUT2D eigenvalue weighted by molar-refractivity contribution is -0.139. The molecule has 15 heavy (non-hydrogen) atoms. The van der Waals surface area contributed by atoms with Gasteiger partial charge in [-0.05, 0) is 19.8 Å². The monoisotopic (exact) mass is 212 g/mol. The second-order valence-electron chi connectivity index (χ2n) is 2.80. The van der Waals surface area contributed by atoms with Crippen molar-refractivity contribution in [2.24, 2.45) is 0 Å². The molecule has 0 aromatic carbocycles. The SMILES string of the molecule is C=CC(=O)OC1CC1.C=CC(=O)OCC. The fraction of sp³-hybridized carbons (Fsp3) is 0.455. The summed E-state index contributed by atoms with van der Waals surface area (Å²) < 4.78 is 9.19. The Bertz CT molecular complexity index is 241. The van der Waals surface area contributed by atoms with Crippen molar-refractivity contribution in [3.63, 3.8) is 0 Å². The lowest BCUT2D eigenvalue weighted by Gasteiger charge is -1.93. The van der Waals surface area contributed by atoms with Crippen LogP contribution >= 0.6 is 0 Å². The average molecular weight is 212 g/mol. The zero-order valence-electron chi connectivity index (χ0n) is 8.90. The lowest BCUT2D eigenvalue weighted by Crippen LogP contribution is -2.00. The molecule has 0 atom stereocenters. The van der Waals surface area contributed by atoms with Crippen molar-refractivity contribution in [2.75, 3.05) is 6.61 Å². The summed E-state index contributed by atoms with van der Waals surface area (Å²) in [5, 5.41) is 0. The van der Waals surface area contributed by atoms with Gasteiger partial charge in [-0.15, -0.1) is 0 Å². The van der Waals surface area contributed by atoms with Gasteiger partial charge in [0.2, 0.25) is 0 Å². The van der Waals surface area contributed by atoms with Gasteiger partial charge in [-0.2, -0.15) is 0 Å². The highest BCUT2D eigenvalue weighted by Crippen LogP contribution is 2.23. The van der Waals surface area contributed by atoms with Gasteiger partial charge in [0.15, 0.2) is 0 Å². The summed E-state index contributed by atoms with van der Waals surface area (Å²) in [5.41, 5.74) is 0. The number of ether oxygens (including phenoxy) is 2. The van der Waals surface area contributed by atoms with Crippen LogP contribution in [0.5, 0.6) is 0 Å². The fourth-order valence-corrected chi connectivity index (χ4v) is 0.599. The quantitative estimate of drug-likeness (QED) is 0.525. The molecular weight excluding hydrogens is 196 g/mol. The summed E-state index contributed by atoms with van der Waals surface area (Å²) in [4.78, 5) is 20.4. The third kappa shape index (κ3) is 8.74. The molecule has 0 saturated heterocycles. The largest absolute Gasteiger partial charge is 0.463 e. The number of esters is 2. The third-order valence-corrected chi connectivity index (χ3v) is 1.43. The molecule has 1 fully saturated rings. The second kappa shape index (κ2) is 7.79. The zero-order valence-corrected chi connectivity index (χ0v) is 8.90. The van der Waals surface area contributed by atoms with Gasteiger partial charge in [-0.25, -0.2) is 9.59 Å². The van der Waals surface area contributed by atoms with E-state index in [1.165, 1.54) is 6.08 Å². The van der Waals surface area contributed by atoms with Gasteiger partial charge >= 0.3 is 11.9 Å². The normalized spacial score (nSPS) is 12.9. The molecule has 0 unspecified atom stereocenters. The fourth-order valence-electron chi connectivity index (χ4n) is 0.599. The number of rotatable bonds is 4. The smallest absolute Gasteiger partial charge is 0.330 e. The van der Waals surface area contributed by atoms with Gasteiger partial charge in [-0.1, -0.05) is 13.2 Å². The maximum Gasteiger partial charge on any atom is 0.330 e. The molecule has 1 aliphatic carbocycles. The first kappa shape index (κ1) is 13.4. The van der Waals surface area contributed by atoms with Crippen LogP contribution in [0.15, 0.2) is 25.3 Å². The van der Waals surface area contributed by atoms with Gasteiger partial charge in [0, 0.05) is 12.2 Å². The summed E-state index contributed by atoms with van der Waals surface area (Å²) >= 11 is 0. The molecule has 0 amide bonds. The standard InChI is InChI=1S/C6H8O2.C5H8O2/c1-2-6(7)8-5-3-4-5;1-3-5(6)7-4-2/h2,5H,1,3-4H2;3H,1,4H2,2H3. The van der Waals surface area contributed by atoms with Gasteiger partial charge in [0.25, 0.3) is 0 Å². The van der Waals surface area contributed by atoms with Gasteiger partial charge in [-0.3, -0.25) is 0 Å². The van der Waals surface area contributed by atoms with Gasteiger partial charge in [0.1, 0.15) is 6.10 Å². The van der Waals surface area contributed by atoms with E-state index in [1.807, 2.05) is 0 Å². The maximum absolute atomic E-state index is 10.3. The Balaban J connectivity index is 0.000000265. The van der Waals surface area contributed by atoms with Crippen molar-refractivity contribution >= 4 is 11.9 Å². The number of carbonyl (C=O) groups excluding carboxylic acids is 2. The Kier molecular flexibility index (Phi) is 6.97. The molecule has 0 N–H and O–H groups in total. The molecule has 0 spiro atoms. The van der Waals surface area contributed by atoms with Crippen LogP contribution in [0.1, 0.15) is 19.8 Å². The summed E-state index contributed by atoms with van der Waals surface area (Å²) in [7, 11) is 0. The Morgan fingerprint density at radius 3 is 2.07 bits per heavy atom. The predicted octanol–water partition coefficient (Wildman–Crippen LogP) is 1.61. The molecule has 1 rings (SSSR count). The first-order valence-electron chi connectivity index (χ1n) is 4.76. The van der Waals surface area contributed by atoms with Crippen LogP contribution in [0.2, 0.25) is 0 Å². The Labute approximate surface area is 89.6 Å². The van der Waals surface area contributed by atoms with Gasteiger partial charge in [0.05, 0.1) is 6.61 Å². The second-order valence-corrected chi connectivity index (χ2v) is 2.80. The van der Waals surface area contributed by atoms with E-state index < -0.39 is 0 Å². The molecule has 0 heterocycles. The van der Waals surface area contributed by atoms with Crippen molar-refractivity contribution < 1.29 is 19.1 Å². The number of carbonyl (C=O) groups is 2. The molecule has 4 heteroatoms. The molecule has 1 aliphatic rings. The van der Waals surface area contributed by atoms with E-state index in [1.54, 1.807) is 6.92 Å². The molecule has 0 radical (unpaired) electrons. The molecule has 0 aromatic heterocycles. The Hall–Kier alpha value is -1.58. The van der Waals surface area contributed by atoms with Crippen LogP contribution in [0.25, 0.3) is 0 Å². The highest BCUT2D eigenvalue weighted by atomic mass is 16.5. The van der Waals surface area contributed by atoms with Crippen LogP contribution in [0, 0.1) is 0 Å². The summed E-state index contributed by atoms with van der Waals surface area (Å²) in [6, 6.07) is 0. The summed E-state index contributed by atoms with van der Waals surface area (Å²) in [6.45, 7) is 8.64. The Morgan fingerprint density at radius 2 is 1.80 bits per heavy atom. The maximum atomic E-state index is 10.3. The molecule has 84 valence electrons. The van der Waals surface area contributed by atoms with Crippen LogP contribution in [-0.4, -0.2) is 24.6 Å². The molecule has 4 nitrogen and oxygen atoms in total. The van der Waals surface area contributed by atoms with Crippen molar-refractivity contribution in [3.8, 4) is 0 Å². The molecule has 0 aromatic rings. The Morgan fingerprint density at radius 1 is 1.27 bits per heavy atom. The predicted molar refractivity (Wildman–Crippen MR) is 56.1 cm³/mol. The van der Waals surface area contributed by atoms with E-state index in [0.29, 0.717) is 6.61 Å².